The third-order valence-electron chi connectivity index (χ3n) is 6.10. The number of nitrogens with one attached hydrogen (secondary N) is 1. The zero-order valence-electron chi connectivity index (χ0n) is 24.7. The maximum atomic E-state index is 13.1. The highest BCUT2D eigenvalue weighted by Crippen LogP contribution is 2.40. The lowest BCUT2D eigenvalue weighted by molar-refractivity contribution is -0.157. The van der Waals surface area contributed by atoms with Gasteiger partial charge in [0.1, 0.15) is 0 Å². The number of aromatic nitrogens is 4. The Bertz CT molecular complexity index is 1530. The number of ether oxygens (including phenoxy) is 1. The molecule has 1 aromatic heterocycles. The molecule has 0 radical (unpaired) electrons. The number of carbonyl (C=O) groups is 2. The van der Waals surface area contributed by atoms with Crippen molar-refractivity contribution >= 4 is 29.3 Å². The second-order valence-corrected chi connectivity index (χ2v) is 13.9. The topological polar surface area (TPSA) is 99.0 Å². The fourth-order valence-corrected chi connectivity index (χ4v) is 5.07. The molecule has 0 saturated heterocycles. The zero-order chi connectivity index (χ0) is 29.8. The molecule has 0 saturated carbocycles. The number of aryl methyl sites for hydroxylation is 1. The SMILES string of the molecule is Cc1ccc(CC(=O)Nc2cc(-c3ccccc3-c3nnnn3COC(=O)C(C)(C)C)ccc2SC(C)(C)C)cc1. The van der Waals surface area contributed by atoms with E-state index in [0.717, 1.165) is 38.4 Å². The molecule has 9 heteroatoms. The highest BCUT2D eigenvalue weighted by Gasteiger charge is 2.24. The van der Waals surface area contributed by atoms with Gasteiger partial charge < -0.3 is 10.1 Å². The van der Waals surface area contributed by atoms with Crippen molar-refractivity contribution < 1.29 is 14.3 Å². The van der Waals surface area contributed by atoms with Crippen molar-refractivity contribution in [3.8, 4) is 22.5 Å². The molecular formula is C32H37N5O3S. The Morgan fingerprint density at radius 1 is 0.927 bits per heavy atom. The molecule has 4 rings (SSSR count). The van der Waals surface area contributed by atoms with E-state index in [9.17, 15) is 9.59 Å². The van der Waals surface area contributed by atoms with Crippen LogP contribution in [0.4, 0.5) is 5.69 Å². The third kappa shape index (κ3) is 8.04. The number of benzene rings is 3. The number of carbonyl (C=O) groups excluding carboxylic acids is 2. The Morgan fingerprint density at radius 3 is 2.27 bits per heavy atom. The van der Waals surface area contributed by atoms with Crippen LogP contribution in [-0.4, -0.2) is 36.8 Å². The molecule has 3 aromatic carbocycles. The highest BCUT2D eigenvalue weighted by atomic mass is 32.2. The zero-order valence-corrected chi connectivity index (χ0v) is 25.5. The minimum Gasteiger partial charge on any atom is -0.442 e. The molecule has 0 spiro atoms. The van der Waals surface area contributed by atoms with Gasteiger partial charge in [0.2, 0.25) is 5.91 Å². The van der Waals surface area contributed by atoms with Crippen molar-refractivity contribution in [2.24, 2.45) is 5.41 Å². The normalized spacial score (nSPS) is 11.8. The number of hydrogen-bond acceptors (Lipinski definition) is 7. The number of thioether (sulfide) groups is 1. The van der Waals surface area contributed by atoms with Crippen LogP contribution in [-0.2, 0) is 27.5 Å². The average Bonchev–Trinajstić information content (AvgIpc) is 3.37. The maximum absolute atomic E-state index is 13.1. The van der Waals surface area contributed by atoms with Crippen LogP contribution in [0, 0.1) is 12.3 Å². The molecule has 0 aliphatic carbocycles. The van der Waals surface area contributed by atoms with Gasteiger partial charge in [0, 0.05) is 15.2 Å². The van der Waals surface area contributed by atoms with E-state index in [1.54, 1.807) is 32.5 Å². The van der Waals surface area contributed by atoms with Gasteiger partial charge in [-0.3, -0.25) is 9.59 Å². The number of esters is 1. The quantitative estimate of drug-likeness (QED) is 0.181. The van der Waals surface area contributed by atoms with Crippen molar-refractivity contribution in [1.29, 1.82) is 0 Å². The summed E-state index contributed by atoms with van der Waals surface area (Å²) < 4.78 is 6.89. The molecule has 41 heavy (non-hydrogen) atoms. The van der Waals surface area contributed by atoms with Crippen LogP contribution in [0.2, 0.25) is 0 Å². The predicted molar refractivity (Wildman–Crippen MR) is 163 cm³/mol. The minimum atomic E-state index is -0.640. The average molecular weight is 572 g/mol. The smallest absolute Gasteiger partial charge is 0.313 e. The number of amides is 1. The lowest BCUT2D eigenvalue weighted by Gasteiger charge is -2.21. The molecule has 0 aliphatic rings. The fourth-order valence-electron chi connectivity index (χ4n) is 4.05. The van der Waals surface area contributed by atoms with Crippen LogP contribution >= 0.6 is 11.8 Å². The van der Waals surface area contributed by atoms with Crippen molar-refractivity contribution in [2.45, 2.75) is 71.3 Å². The van der Waals surface area contributed by atoms with Gasteiger partial charge in [0.15, 0.2) is 12.6 Å². The van der Waals surface area contributed by atoms with Gasteiger partial charge in [-0.25, -0.2) is 0 Å². The van der Waals surface area contributed by atoms with Crippen LogP contribution in [0.25, 0.3) is 22.5 Å². The van der Waals surface area contributed by atoms with Gasteiger partial charge in [0.25, 0.3) is 0 Å². The molecule has 1 N–H and O–H groups in total. The van der Waals surface area contributed by atoms with Crippen LogP contribution in [0.15, 0.2) is 71.6 Å². The molecule has 0 fully saturated rings. The molecule has 4 aromatic rings. The first-order valence-corrected chi connectivity index (χ1v) is 14.3. The first-order chi connectivity index (χ1) is 19.3. The summed E-state index contributed by atoms with van der Waals surface area (Å²) in [6.07, 6.45) is 0.281. The van der Waals surface area contributed by atoms with Gasteiger partial charge in [-0.15, -0.1) is 16.9 Å². The Labute approximate surface area is 245 Å². The second kappa shape index (κ2) is 12.3. The molecule has 214 valence electrons. The van der Waals surface area contributed by atoms with Crippen molar-refractivity contribution in [1.82, 2.24) is 20.2 Å². The molecule has 1 heterocycles. The predicted octanol–water partition coefficient (Wildman–Crippen LogP) is 6.93. The number of tetrazole rings is 1. The number of nitrogens with zero attached hydrogens (tertiary/aromatic N) is 4. The van der Waals surface area contributed by atoms with Crippen molar-refractivity contribution in [2.75, 3.05) is 5.32 Å². The summed E-state index contributed by atoms with van der Waals surface area (Å²) in [5.74, 6) is 0.0465. The molecule has 0 unspecified atom stereocenters. The maximum Gasteiger partial charge on any atom is 0.313 e. The number of hydrogen-bond donors (Lipinski definition) is 1. The molecular weight excluding hydrogens is 534 g/mol. The first-order valence-electron chi connectivity index (χ1n) is 13.5. The Balaban J connectivity index is 1.67. The molecule has 8 nitrogen and oxygen atoms in total. The molecule has 0 bridgehead atoms. The Kier molecular flexibility index (Phi) is 8.97. The van der Waals surface area contributed by atoms with Gasteiger partial charge in [-0.05, 0) is 66.9 Å². The summed E-state index contributed by atoms with van der Waals surface area (Å²) in [6, 6.07) is 21.8. The Hall–Kier alpha value is -3.98. The van der Waals surface area contributed by atoms with Gasteiger partial charge in [-0.1, -0.05) is 80.9 Å². The lowest BCUT2D eigenvalue weighted by Crippen LogP contribution is -2.24. The molecule has 1 amide bonds. The standard InChI is InChI=1S/C32H37N5O3S/c1-21-12-14-22(15-13-21)18-28(38)33-26-19-23(16-17-27(26)41-32(5,6)7)24-10-8-9-11-25(24)29-34-35-36-37(29)20-40-30(39)31(2,3)4/h8-17,19H,18,20H2,1-7H3,(H,33,38). The second-order valence-electron chi connectivity index (χ2n) is 12.0. The van der Waals surface area contributed by atoms with E-state index >= 15 is 0 Å². The van der Waals surface area contributed by atoms with Crippen LogP contribution < -0.4 is 5.32 Å². The van der Waals surface area contributed by atoms with Crippen LogP contribution in [0.1, 0.15) is 52.7 Å². The lowest BCUT2D eigenvalue weighted by atomic mass is 9.97. The van der Waals surface area contributed by atoms with Crippen LogP contribution in [0.5, 0.6) is 0 Å². The summed E-state index contributed by atoms with van der Waals surface area (Å²) in [7, 11) is 0. The minimum absolute atomic E-state index is 0.0531. The van der Waals surface area contributed by atoms with E-state index in [2.05, 4.69) is 41.6 Å². The van der Waals surface area contributed by atoms with E-state index in [1.165, 1.54) is 4.68 Å². The fraction of sp³-hybridized carbons (Fsp3) is 0.344. The van der Waals surface area contributed by atoms with Crippen LogP contribution in [0.3, 0.4) is 0 Å². The summed E-state index contributed by atoms with van der Waals surface area (Å²) in [5, 5.41) is 15.3. The van der Waals surface area contributed by atoms with E-state index < -0.39 is 5.41 Å². The van der Waals surface area contributed by atoms with Crippen molar-refractivity contribution in [3.05, 3.63) is 77.9 Å². The monoisotopic (exact) mass is 571 g/mol. The number of rotatable bonds is 8. The summed E-state index contributed by atoms with van der Waals surface area (Å²) in [6.45, 7) is 13.7. The largest absolute Gasteiger partial charge is 0.442 e. The van der Waals surface area contributed by atoms with Gasteiger partial charge >= 0.3 is 5.97 Å². The van der Waals surface area contributed by atoms with Gasteiger partial charge in [-0.2, -0.15) is 4.68 Å². The summed E-state index contributed by atoms with van der Waals surface area (Å²) >= 11 is 1.70. The van der Waals surface area contributed by atoms with Crippen molar-refractivity contribution in [3.63, 3.8) is 0 Å². The van der Waals surface area contributed by atoms with Gasteiger partial charge in [0.05, 0.1) is 17.5 Å². The number of anilines is 1. The third-order valence-corrected chi connectivity index (χ3v) is 7.28. The Morgan fingerprint density at radius 2 is 1.61 bits per heavy atom. The molecule has 0 aliphatic heterocycles. The van der Waals surface area contributed by atoms with E-state index in [1.807, 2.05) is 73.7 Å². The highest BCUT2D eigenvalue weighted by molar-refractivity contribution is 8.00. The first kappa shape index (κ1) is 30.0. The van der Waals surface area contributed by atoms with E-state index in [4.69, 9.17) is 4.74 Å². The summed E-state index contributed by atoms with van der Waals surface area (Å²) in [5.41, 5.74) is 4.77. The molecule has 0 atom stereocenters. The summed E-state index contributed by atoms with van der Waals surface area (Å²) in [4.78, 5) is 26.5. The van der Waals surface area contributed by atoms with E-state index in [-0.39, 0.29) is 29.8 Å². The van der Waals surface area contributed by atoms with E-state index in [0.29, 0.717) is 5.82 Å².